The van der Waals surface area contributed by atoms with Crippen molar-refractivity contribution in [3.8, 4) is 0 Å². The van der Waals surface area contributed by atoms with E-state index in [4.69, 9.17) is 15.5 Å². The van der Waals surface area contributed by atoms with Gasteiger partial charge in [0, 0.05) is 0 Å². The molecule has 0 unspecified atom stereocenters. The van der Waals surface area contributed by atoms with Gasteiger partial charge in [0.2, 0.25) is 0 Å². The lowest BCUT2D eigenvalue weighted by Gasteiger charge is -2.09. The van der Waals surface area contributed by atoms with E-state index in [0.29, 0.717) is 0 Å². The molecule has 0 radical (unpaired) electrons. The number of rotatable bonds is 2. The van der Waals surface area contributed by atoms with Crippen LogP contribution in [0.25, 0.3) is 0 Å². The van der Waals surface area contributed by atoms with Crippen LogP contribution in [-0.4, -0.2) is 21.5 Å². The van der Waals surface area contributed by atoms with Gasteiger partial charge in [-0.1, -0.05) is 12.1 Å². The third-order valence-corrected chi connectivity index (χ3v) is 1.35. The molecule has 0 fully saturated rings. The maximum atomic E-state index is 10.5. The van der Waals surface area contributed by atoms with E-state index in [2.05, 4.69) is 0 Å². The molecule has 0 saturated carbocycles. The number of para-hydroxylation sites is 1. The van der Waals surface area contributed by atoms with Crippen LogP contribution in [0.3, 0.4) is 0 Å². The van der Waals surface area contributed by atoms with Gasteiger partial charge in [0.15, 0.2) is 0 Å². The molecule has 0 aromatic heterocycles. The van der Waals surface area contributed by atoms with Crippen LogP contribution in [0.2, 0.25) is 0 Å². The monoisotopic (exact) mass is 169 g/mol. The molecule has 5 nitrogen and oxygen atoms in total. The molecule has 1 rings (SSSR count). The van der Waals surface area contributed by atoms with E-state index >= 15 is 0 Å². The number of aromatic carboxylic acids is 1. The smallest absolute Gasteiger partial charge is 0.337 e. The molecule has 5 heteroatoms. The van der Waals surface area contributed by atoms with Crippen molar-refractivity contribution in [1.29, 1.82) is 0 Å². The van der Waals surface area contributed by atoms with Crippen LogP contribution in [-0.2, 0) is 0 Å². The molecule has 0 aliphatic rings. The zero-order chi connectivity index (χ0) is 9.14. The lowest BCUT2D eigenvalue weighted by molar-refractivity contribution is 0.0277. The maximum absolute atomic E-state index is 10.5. The van der Waals surface area contributed by atoms with Gasteiger partial charge in [-0.25, -0.2) is 4.79 Å². The summed E-state index contributed by atoms with van der Waals surface area (Å²) in [4.78, 5) is 10.5. The standard InChI is InChI=1S/C7H7NO4/c9-7(10)5-3-1-2-4-6(5)8(11)12/h1-4,11-12H,(H,9,10). The average Bonchev–Trinajstić information content (AvgIpc) is 2.04. The van der Waals surface area contributed by atoms with E-state index in [1.807, 2.05) is 0 Å². The fourth-order valence-electron chi connectivity index (χ4n) is 0.829. The lowest BCUT2D eigenvalue weighted by atomic mass is 10.2. The summed E-state index contributed by atoms with van der Waals surface area (Å²) < 4.78 is 0. The predicted octanol–water partition coefficient (Wildman–Crippen LogP) is 0.970. The normalized spacial score (nSPS) is 9.50. The van der Waals surface area contributed by atoms with E-state index in [0.717, 1.165) is 0 Å². The van der Waals surface area contributed by atoms with Gasteiger partial charge in [0.25, 0.3) is 0 Å². The molecular weight excluding hydrogens is 162 g/mol. The number of hydrogen-bond donors (Lipinski definition) is 3. The molecule has 0 atom stereocenters. The summed E-state index contributed by atoms with van der Waals surface area (Å²) in [5, 5.41) is 25.5. The maximum Gasteiger partial charge on any atom is 0.337 e. The molecular formula is C7H7NO4. The summed E-state index contributed by atoms with van der Waals surface area (Å²) in [6.07, 6.45) is 0. The predicted molar refractivity (Wildman–Crippen MR) is 39.5 cm³/mol. The number of carboxylic acid groups (broad SMARTS) is 1. The van der Waals surface area contributed by atoms with Crippen molar-refractivity contribution in [1.82, 2.24) is 0 Å². The van der Waals surface area contributed by atoms with E-state index in [9.17, 15) is 4.79 Å². The van der Waals surface area contributed by atoms with Crippen LogP contribution < -0.4 is 5.23 Å². The molecule has 0 spiro atoms. The Labute approximate surface area is 68.0 Å². The Hall–Kier alpha value is -1.59. The average molecular weight is 169 g/mol. The molecule has 0 aliphatic carbocycles. The van der Waals surface area contributed by atoms with Crippen molar-refractivity contribution in [2.45, 2.75) is 0 Å². The molecule has 1 aromatic rings. The first kappa shape index (κ1) is 8.51. The van der Waals surface area contributed by atoms with Crippen LogP contribution in [0, 0.1) is 0 Å². The Morgan fingerprint density at radius 2 is 1.83 bits per heavy atom. The minimum absolute atomic E-state index is 0.162. The first-order valence-corrected chi connectivity index (χ1v) is 3.13. The second kappa shape index (κ2) is 3.21. The van der Waals surface area contributed by atoms with E-state index in [-0.39, 0.29) is 16.5 Å². The van der Waals surface area contributed by atoms with Crippen LogP contribution in [0.5, 0.6) is 0 Å². The Balaban J connectivity index is 3.17. The summed E-state index contributed by atoms with van der Waals surface area (Å²) in [5.74, 6) is -1.21. The Morgan fingerprint density at radius 1 is 1.25 bits per heavy atom. The summed E-state index contributed by atoms with van der Waals surface area (Å²) in [6, 6.07) is 5.55. The number of anilines is 1. The number of carboxylic acids is 1. The fourth-order valence-corrected chi connectivity index (χ4v) is 0.829. The molecule has 64 valence electrons. The lowest BCUT2D eigenvalue weighted by Crippen LogP contribution is -2.15. The fraction of sp³-hybridized carbons (Fsp3) is 0. The highest BCUT2D eigenvalue weighted by Gasteiger charge is 2.11. The van der Waals surface area contributed by atoms with Crippen LogP contribution in [0.1, 0.15) is 10.4 Å². The topological polar surface area (TPSA) is 81.0 Å². The molecule has 0 saturated heterocycles. The molecule has 3 N–H and O–H groups in total. The van der Waals surface area contributed by atoms with Crippen LogP contribution in [0.4, 0.5) is 5.69 Å². The summed E-state index contributed by atoms with van der Waals surface area (Å²) in [6.45, 7) is 0. The van der Waals surface area contributed by atoms with Gasteiger partial charge in [-0.05, 0) is 12.1 Å². The van der Waals surface area contributed by atoms with Crippen LogP contribution >= 0.6 is 0 Å². The summed E-state index contributed by atoms with van der Waals surface area (Å²) in [5.41, 5.74) is -0.326. The van der Waals surface area contributed by atoms with E-state index < -0.39 is 5.97 Å². The number of benzene rings is 1. The number of nitrogens with zero attached hydrogens (tertiary/aromatic N) is 1. The van der Waals surface area contributed by atoms with Gasteiger partial charge in [0.05, 0.1) is 5.56 Å². The second-order valence-corrected chi connectivity index (χ2v) is 2.11. The molecule has 12 heavy (non-hydrogen) atoms. The third kappa shape index (κ3) is 1.52. The van der Waals surface area contributed by atoms with Crippen LogP contribution in [0.15, 0.2) is 24.3 Å². The minimum atomic E-state index is -1.21. The summed E-state index contributed by atoms with van der Waals surface area (Å²) in [7, 11) is 0. The van der Waals surface area contributed by atoms with Gasteiger partial charge in [-0.2, -0.15) is 0 Å². The van der Waals surface area contributed by atoms with Crippen molar-refractivity contribution < 1.29 is 20.3 Å². The first-order chi connectivity index (χ1) is 5.63. The minimum Gasteiger partial charge on any atom is -0.478 e. The van der Waals surface area contributed by atoms with Gasteiger partial charge in [-0.3, -0.25) is 10.4 Å². The highest BCUT2D eigenvalue weighted by Crippen LogP contribution is 2.16. The highest BCUT2D eigenvalue weighted by molar-refractivity contribution is 5.93. The van der Waals surface area contributed by atoms with Gasteiger partial charge in [0.1, 0.15) is 5.69 Å². The Kier molecular flexibility index (Phi) is 2.27. The zero-order valence-corrected chi connectivity index (χ0v) is 6.01. The molecule has 0 bridgehead atoms. The van der Waals surface area contributed by atoms with Crippen molar-refractivity contribution in [2.24, 2.45) is 0 Å². The zero-order valence-electron chi connectivity index (χ0n) is 6.01. The Bertz CT molecular complexity index is 297. The quantitative estimate of drug-likeness (QED) is 0.574. The Morgan fingerprint density at radius 3 is 2.25 bits per heavy atom. The molecule has 1 aromatic carbocycles. The van der Waals surface area contributed by atoms with Gasteiger partial charge in [-0.15, -0.1) is 5.23 Å². The van der Waals surface area contributed by atoms with Crippen molar-refractivity contribution >= 4 is 11.7 Å². The van der Waals surface area contributed by atoms with Crippen molar-refractivity contribution in [3.63, 3.8) is 0 Å². The van der Waals surface area contributed by atoms with E-state index in [1.54, 1.807) is 0 Å². The van der Waals surface area contributed by atoms with Gasteiger partial charge >= 0.3 is 5.97 Å². The number of hydrogen-bond acceptors (Lipinski definition) is 4. The molecule has 0 amide bonds. The van der Waals surface area contributed by atoms with E-state index in [1.165, 1.54) is 24.3 Å². The van der Waals surface area contributed by atoms with Crippen molar-refractivity contribution in [2.75, 3.05) is 5.23 Å². The van der Waals surface area contributed by atoms with Crippen molar-refractivity contribution in [3.05, 3.63) is 29.8 Å². The SMILES string of the molecule is O=C(O)c1ccccc1N(O)O. The number of carbonyl (C=O) groups is 1. The second-order valence-electron chi connectivity index (χ2n) is 2.11. The summed E-state index contributed by atoms with van der Waals surface area (Å²) >= 11 is 0. The third-order valence-electron chi connectivity index (χ3n) is 1.35. The largest absolute Gasteiger partial charge is 0.478 e. The first-order valence-electron chi connectivity index (χ1n) is 3.13. The molecule has 0 aliphatic heterocycles. The van der Waals surface area contributed by atoms with Gasteiger partial charge < -0.3 is 5.11 Å². The molecule has 0 heterocycles. The highest BCUT2D eigenvalue weighted by atomic mass is 16.8.